The van der Waals surface area contributed by atoms with Crippen LogP contribution in [-0.2, 0) is 30.0 Å². The van der Waals surface area contributed by atoms with Gasteiger partial charge in [-0.1, -0.05) is 156 Å². The van der Waals surface area contributed by atoms with Crippen LogP contribution in [0.3, 0.4) is 0 Å². The van der Waals surface area contributed by atoms with Gasteiger partial charge in [-0.3, -0.25) is 0 Å². The minimum Gasteiger partial charge on any atom is -0.550 e. The maximum absolute atomic E-state index is 8.89. The van der Waals surface area contributed by atoms with Gasteiger partial charge in [0.25, 0.3) is 0 Å². The van der Waals surface area contributed by atoms with E-state index in [0.29, 0.717) is 15.8 Å². The van der Waals surface area contributed by atoms with Crippen molar-refractivity contribution in [2.24, 2.45) is 0 Å². The normalized spacial score (nSPS) is 10.6. The second-order valence-corrected chi connectivity index (χ2v) is 18.5. The largest absolute Gasteiger partial charge is 2.00 e. The zero-order chi connectivity index (χ0) is 34.2. The van der Waals surface area contributed by atoms with E-state index in [9.17, 15) is 0 Å². The monoisotopic (exact) mass is 780 g/mol. The Kier molecular flexibility index (Phi) is 55.1. The molecule has 0 heterocycles. The Bertz CT molecular complexity index is 492. The van der Waals surface area contributed by atoms with E-state index in [1.165, 1.54) is 154 Å². The molecule has 0 aromatic heterocycles. The predicted octanol–water partition coefficient (Wildman–Crippen LogP) is 11.3. The maximum atomic E-state index is 8.89. The Morgan fingerprint density at radius 2 is 0.500 bits per heavy atom. The van der Waals surface area contributed by atoms with Crippen LogP contribution in [0.15, 0.2) is 0 Å². The van der Waals surface area contributed by atoms with Crippen molar-refractivity contribution in [2.75, 3.05) is 37.0 Å². The second kappa shape index (κ2) is 47.6. The molecule has 0 fully saturated rings. The van der Waals surface area contributed by atoms with Crippen LogP contribution in [0.5, 0.6) is 0 Å². The summed E-state index contributed by atoms with van der Waals surface area (Å²) in [4.78, 5) is 17.8. The average molecular weight is 781 g/mol. The van der Waals surface area contributed by atoms with Crippen molar-refractivity contribution >= 4 is 27.8 Å². The van der Waals surface area contributed by atoms with Gasteiger partial charge in [-0.25, -0.2) is 0 Å². The Labute approximate surface area is 305 Å². The number of hydrogen-bond donors (Lipinski definition) is 0. The average Bonchev–Trinajstić information content (AvgIpc) is 2.98. The zero-order valence-electron chi connectivity index (χ0n) is 31.8. The third kappa shape index (κ3) is 56.8. The summed E-state index contributed by atoms with van der Waals surface area (Å²) in [6.07, 6.45) is 46.6. The number of rotatable bonds is 32. The van der Waals surface area contributed by atoms with Gasteiger partial charge in [0.15, 0.2) is 0 Å². The Hall–Kier alpha value is 0.462. The molecule has 280 valence electrons. The molecule has 0 aromatic carbocycles. The Morgan fingerprint density at radius 3 is 0.696 bits per heavy atom. The molecule has 0 unspecified atom stereocenters. The molecule has 7 heteroatoms. The van der Waals surface area contributed by atoms with Crippen LogP contribution in [0.1, 0.15) is 202 Å². The van der Waals surface area contributed by atoms with Crippen LogP contribution in [0.2, 0.25) is 0 Å². The standard InChI is InChI=1S/C35H74P2.2C2H4O2.Pd/c1-5-9-13-17-21-25-30-36(31-26-22-18-14-10-6-2)34-29-35-37(32-27-23-19-15-11-7-3)33-28-24-20-16-12-8-4;2*1-2(3)4;/h5-35H2,1-4H3;2*1H3,(H,3,4);/q;;;+2/p-2. The number of carbonyl (C=O) groups is 2. The molecule has 0 aliphatic rings. The Morgan fingerprint density at radius 1 is 0.348 bits per heavy atom. The minimum absolute atomic E-state index is 0. The fourth-order valence-electron chi connectivity index (χ4n) is 5.65. The van der Waals surface area contributed by atoms with Crippen LogP contribution < -0.4 is 10.2 Å². The van der Waals surface area contributed by atoms with Crippen molar-refractivity contribution in [3.05, 3.63) is 0 Å². The smallest absolute Gasteiger partial charge is 0.550 e. The summed E-state index contributed by atoms with van der Waals surface area (Å²) >= 11 is 0. The van der Waals surface area contributed by atoms with E-state index >= 15 is 0 Å². The second-order valence-electron chi connectivity index (χ2n) is 13.1. The fraction of sp³-hybridized carbons (Fsp3) is 0.949. The number of carbonyl (C=O) groups excluding carboxylic acids is 2. The van der Waals surface area contributed by atoms with Crippen LogP contribution in [0.4, 0.5) is 0 Å². The number of aliphatic carboxylic acids is 2. The predicted molar refractivity (Wildman–Crippen MR) is 203 cm³/mol. The first-order valence-corrected chi connectivity index (χ1v) is 23.3. The van der Waals surface area contributed by atoms with E-state index in [2.05, 4.69) is 27.7 Å². The molecule has 0 aliphatic heterocycles. The van der Waals surface area contributed by atoms with Crippen molar-refractivity contribution in [1.82, 2.24) is 0 Å². The van der Waals surface area contributed by atoms with Crippen LogP contribution in [-0.4, -0.2) is 48.9 Å². The third-order valence-electron chi connectivity index (χ3n) is 8.26. The topological polar surface area (TPSA) is 80.3 Å². The molecule has 0 atom stereocenters. The van der Waals surface area contributed by atoms with E-state index in [-0.39, 0.29) is 20.4 Å². The molecule has 0 spiro atoms. The fourth-order valence-corrected chi connectivity index (χ4v) is 11.1. The first kappa shape index (κ1) is 53.3. The quantitative estimate of drug-likeness (QED) is 0.0387. The van der Waals surface area contributed by atoms with Crippen molar-refractivity contribution in [3.63, 3.8) is 0 Å². The summed E-state index contributed by atoms with van der Waals surface area (Å²) in [5, 5.41) is 17.8. The number of hydrogen-bond acceptors (Lipinski definition) is 4. The van der Waals surface area contributed by atoms with E-state index < -0.39 is 11.9 Å². The van der Waals surface area contributed by atoms with E-state index in [0.717, 1.165) is 13.8 Å². The minimum atomic E-state index is -1.08. The molecular weight excluding hydrogens is 701 g/mol. The zero-order valence-corrected chi connectivity index (χ0v) is 35.1. The third-order valence-corrected chi connectivity index (χ3v) is 14.0. The summed E-state index contributed by atoms with van der Waals surface area (Å²) in [6.45, 7) is 11.3. The Balaban J connectivity index is -0.000000870. The number of carboxylic acid groups (broad SMARTS) is 2. The summed E-state index contributed by atoms with van der Waals surface area (Å²) < 4.78 is 0. The van der Waals surface area contributed by atoms with Crippen LogP contribution >= 0.6 is 15.8 Å². The molecule has 0 amide bonds. The molecule has 0 radical (unpaired) electrons. The van der Waals surface area contributed by atoms with Gasteiger partial charge in [0.1, 0.15) is 0 Å². The first-order valence-electron chi connectivity index (χ1n) is 19.5. The van der Waals surface area contributed by atoms with E-state index in [1.54, 1.807) is 43.4 Å². The molecule has 0 saturated carbocycles. The molecule has 0 aromatic rings. The number of unbranched alkanes of at least 4 members (excludes halogenated alkanes) is 20. The summed E-state index contributed by atoms with van der Waals surface area (Å²) in [7, 11) is 0.648. The van der Waals surface area contributed by atoms with E-state index in [1.807, 2.05) is 0 Å². The molecule has 0 saturated heterocycles. The molecule has 0 rings (SSSR count). The van der Waals surface area contributed by atoms with Gasteiger partial charge in [0, 0.05) is 11.9 Å². The summed E-state index contributed by atoms with van der Waals surface area (Å²) in [6, 6.07) is 0. The van der Waals surface area contributed by atoms with Crippen molar-refractivity contribution in [3.8, 4) is 0 Å². The SMILES string of the molecule is CC(=O)[O-].CC(=O)[O-].CCCCCCCCP(CCCCCCCC)CCCP(CCCCCCCC)CCCCCCCC.[Pd+2]. The molecule has 0 aliphatic carbocycles. The van der Waals surface area contributed by atoms with Gasteiger partial charge < -0.3 is 19.8 Å². The maximum Gasteiger partial charge on any atom is 2.00 e. The van der Waals surface area contributed by atoms with Crippen molar-refractivity contribution < 1.29 is 40.2 Å². The molecule has 0 N–H and O–H groups in total. The molecular formula is C39H80O4P2Pd. The molecule has 4 nitrogen and oxygen atoms in total. The summed E-state index contributed by atoms with van der Waals surface area (Å²) in [5.41, 5.74) is 0. The van der Waals surface area contributed by atoms with Gasteiger partial charge in [-0.15, -0.1) is 15.8 Å². The number of carboxylic acids is 2. The van der Waals surface area contributed by atoms with Crippen molar-refractivity contribution in [1.29, 1.82) is 0 Å². The van der Waals surface area contributed by atoms with Gasteiger partial charge in [-0.2, -0.15) is 0 Å². The van der Waals surface area contributed by atoms with Crippen LogP contribution in [0.25, 0.3) is 0 Å². The molecule has 46 heavy (non-hydrogen) atoms. The first-order chi connectivity index (χ1) is 21.7. The van der Waals surface area contributed by atoms with Gasteiger partial charge in [-0.05, 0) is 82.9 Å². The van der Waals surface area contributed by atoms with Gasteiger partial charge in [0.05, 0.1) is 0 Å². The van der Waals surface area contributed by atoms with Gasteiger partial charge in [0.2, 0.25) is 0 Å². The summed E-state index contributed by atoms with van der Waals surface area (Å²) in [5.74, 6) is -2.17. The molecule has 0 bridgehead atoms. The van der Waals surface area contributed by atoms with E-state index in [4.69, 9.17) is 19.8 Å². The van der Waals surface area contributed by atoms with Crippen molar-refractivity contribution in [2.45, 2.75) is 202 Å². The van der Waals surface area contributed by atoms with Gasteiger partial charge >= 0.3 is 20.4 Å². The van der Waals surface area contributed by atoms with Crippen LogP contribution in [0, 0.1) is 0 Å².